The van der Waals surface area contributed by atoms with Crippen molar-refractivity contribution in [2.75, 3.05) is 0 Å². The van der Waals surface area contributed by atoms with Crippen molar-refractivity contribution in [3.63, 3.8) is 0 Å². The van der Waals surface area contributed by atoms with Crippen LogP contribution in [0.5, 0.6) is 0 Å². The summed E-state index contributed by atoms with van der Waals surface area (Å²) in [6.07, 6.45) is 0. The van der Waals surface area contributed by atoms with E-state index in [0.29, 0.717) is 35.2 Å². The van der Waals surface area contributed by atoms with Gasteiger partial charge in [0.1, 0.15) is 34.9 Å². The van der Waals surface area contributed by atoms with Gasteiger partial charge in [0.05, 0.1) is 21.6 Å². The van der Waals surface area contributed by atoms with Crippen molar-refractivity contribution in [2.45, 2.75) is 0 Å². The van der Waals surface area contributed by atoms with E-state index in [-0.39, 0.29) is 5.44 Å². The maximum atomic E-state index is 14.6. The highest BCUT2D eigenvalue weighted by molar-refractivity contribution is 7.79. The molecule has 0 aliphatic heterocycles. The smallest absolute Gasteiger partial charge is 0.137 e. The summed E-state index contributed by atoms with van der Waals surface area (Å²) in [6, 6.07) is 11.5. The standard InChI is InChI=1S/C21H10F6NP/c22-12-7-14(24)20(15(25)8-12)29(21-16(26)9-13(23)10-17(21)27)19-6-5-11-3-1-2-4-18(11)28-19/h1-10H. The lowest BCUT2D eigenvalue weighted by Gasteiger charge is -2.21. The molecule has 0 spiro atoms. The molecule has 0 saturated heterocycles. The summed E-state index contributed by atoms with van der Waals surface area (Å²) in [4.78, 5) is 4.31. The Bertz CT molecular complexity index is 1140. The first-order valence-electron chi connectivity index (χ1n) is 8.30. The van der Waals surface area contributed by atoms with Gasteiger partial charge in [-0.2, -0.15) is 0 Å². The SMILES string of the molecule is Fc1cc(F)c(P(c2ccc3ccccc3n2)c2c(F)cc(F)cc2F)c(F)c1. The third-order valence-corrected chi connectivity index (χ3v) is 6.68. The van der Waals surface area contributed by atoms with Gasteiger partial charge in [0.25, 0.3) is 0 Å². The second-order valence-corrected chi connectivity index (χ2v) is 8.16. The second kappa shape index (κ2) is 7.48. The molecule has 0 saturated carbocycles. The van der Waals surface area contributed by atoms with E-state index in [0.717, 1.165) is 0 Å². The van der Waals surface area contributed by atoms with E-state index in [1.807, 2.05) is 0 Å². The molecule has 0 atom stereocenters. The fraction of sp³-hybridized carbons (Fsp3) is 0. The number of pyridine rings is 1. The summed E-state index contributed by atoms with van der Waals surface area (Å²) in [5.74, 6) is -7.60. The maximum absolute atomic E-state index is 14.6. The van der Waals surface area contributed by atoms with E-state index in [2.05, 4.69) is 4.98 Å². The van der Waals surface area contributed by atoms with Crippen LogP contribution in [0.3, 0.4) is 0 Å². The van der Waals surface area contributed by atoms with Crippen LogP contribution in [0.4, 0.5) is 26.3 Å². The molecule has 1 aromatic heterocycles. The first-order valence-corrected chi connectivity index (χ1v) is 9.64. The van der Waals surface area contributed by atoms with Crippen molar-refractivity contribution in [2.24, 2.45) is 0 Å². The molecule has 0 N–H and O–H groups in total. The van der Waals surface area contributed by atoms with E-state index in [9.17, 15) is 26.3 Å². The van der Waals surface area contributed by atoms with E-state index in [1.54, 1.807) is 30.3 Å². The van der Waals surface area contributed by atoms with Gasteiger partial charge in [-0.1, -0.05) is 24.3 Å². The molecular formula is C21H10F6NP. The lowest BCUT2D eigenvalue weighted by molar-refractivity contribution is 0.552. The van der Waals surface area contributed by atoms with Crippen LogP contribution in [0.25, 0.3) is 10.9 Å². The third kappa shape index (κ3) is 3.58. The number of rotatable bonds is 3. The number of hydrogen-bond acceptors (Lipinski definition) is 1. The van der Waals surface area contributed by atoms with E-state index < -0.39 is 53.4 Å². The minimum absolute atomic E-state index is 0.0208. The summed E-state index contributed by atoms with van der Waals surface area (Å²) < 4.78 is 85.1. The minimum atomic E-state index is -2.57. The zero-order valence-corrected chi connectivity index (χ0v) is 15.3. The number of aromatic nitrogens is 1. The normalized spacial score (nSPS) is 11.4. The first kappa shape index (κ1) is 19.4. The van der Waals surface area contributed by atoms with Gasteiger partial charge in [-0.3, -0.25) is 0 Å². The molecule has 0 bridgehead atoms. The van der Waals surface area contributed by atoms with Gasteiger partial charge in [-0.05, 0) is 12.1 Å². The van der Waals surface area contributed by atoms with Crippen molar-refractivity contribution < 1.29 is 26.3 Å². The first-order chi connectivity index (χ1) is 13.8. The summed E-state index contributed by atoms with van der Waals surface area (Å²) >= 11 is 0. The van der Waals surface area contributed by atoms with Gasteiger partial charge in [0.2, 0.25) is 0 Å². The lowest BCUT2D eigenvalue weighted by Crippen LogP contribution is -2.31. The topological polar surface area (TPSA) is 12.9 Å². The molecule has 0 unspecified atom stereocenters. The number of halogens is 6. The molecule has 29 heavy (non-hydrogen) atoms. The molecule has 0 radical (unpaired) electrons. The molecule has 4 aromatic rings. The molecule has 1 nitrogen and oxygen atoms in total. The molecule has 1 heterocycles. The monoisotopic (exact) mass is 421 g/mol. The Morgan fingerprint density at radius 3 is 1.59 bits per heavy atom. The van der Waals surface area contributed by atoms with Gasteiger partial charge < -0.3 is 0 Å². The van der Waals surface area contributed by atoms with Crippen LogP contribution >= 0.6 is 7.92 Å². The molecule has 0 aliphatic rings. The Morgan fingerprint density at radius 2 is 1.07 bits per heavy atom. The quantitative estimate of drug-likeness (QED) is 0.341. The van der Waals surface area contributed by atoms with Crippen LogP contribution in [0.2, 0.25) is 0 Å². The maximum Gasteiger partial charge on any atom is 0.137 e. The number of para-hydroxylation sites is 1. The number of hydrogen-bond donors (Lipinski definition) is 0. The lowest BCUT2D eigenvalue weighted by atomic mass is 10.2. The number of benzene rings is 3. The Kier molecular flexibility index (Phi) is 5.01. The predicted octanol–water partition coefficient (Wildman–Crippen LogP) is 4.83. The molecule has 8 heteroatoms. The fourth-order valence-electron chi connectivity index (χ4n) is 3.02. The van der Waals surface area contributed by atoms with Gasteiger partial charge in [0, 0.05) is 37.6 Å². The molecule has 0 aliphatic carbocycles. The van der Waals surface area contributed by atoms with Gasteiger partial charge in [-0.25, -0.2) is 31.3 Å². The molecule has 146 valence electrons. The van der Waals surface area contributed by atoms with Crippen molar-refractivity contribution in [3.05, 3.63) is 95.6 Å². The second-order valence-electron chi connectivity index (χ2n) is 6.13. The van der Waals surface area contributed by atoms with Gasteiger partial charge >= 0.3 is 0 Å². The number of nitrogens with zero attached hydrogens (tertiary/aromatic N) is 1. The number of fused-ring (bicyclic) bond motifs is 1. The van der Waals surface area contributed by atoms with Gasteiger partial charge in [-0.15, -0.1) is 0 Å². The highest BCUT2D eigenvalue weighted by Crippen LogP contribution is 2.37. The van der Waals surface area contributed by atoms with Crippen LogP contribution in [-0.4, -0.2) is 4.98 Å². The average Bonchev–Trinajstić information content (AvgIpc) is 2.65. The molecule has 4 rings (SSSR count). The van der Waals surface area contributed by atoms with Crippen LogP contribution in [-0.2, 0) is 0 Å². The van der Waals surface area contributed by atoms with Crippen LogP contribution in [0.1, 0.15) is 0 Å². The average molecular weight is 421 g/mol. The molecule has 3 aromatic carbocycles. The molecular weight excluding hydrogens is 411 g/mol. The van der Waals surface area contributed by atoms with Crippen molar-refractivity contribution >= 4 is 34.9 Å². The summed E-state index contributed by atoms with van der Waals surface area (Å²) in [5.41, 5.74) is 0.413. The Labute approximate surface area is 162 Å². The Morgan fingerprint density at radius 1 is 0.586 bits per heavy atom. The van der Waals surface area contributed by atoms with Crippen LogP contribution in [0.15, 0.2) is 60.7 Å². The minimum Gasteiger partial charge on any atom is -0.247 e. The van der Waals surface area contributed by atoms with Crippen molar-refractivity contribution in [3.8, 4) is 0 Å². The summed E-state index contributed by atoms with van der Waals surface area (Å²) in [6.45, 7) is 0. The molecule has 0 amide bonds. The highest BCUT2D eigenvalue weighted by atomic mass is 31.1. The van der Waals surface area contributed by atoms with E-state index in [4.69, 9.17) is 0 Å². The summed E-state index contributed by atoms with van der Waals surface area (Å²) in [5, 5.41) is -0.756. The van der Waals surface area contributed by atoms with Crippen molar-refractivity contribution in [1.82, 2.24) is 4.98 Å². The zero-order chi connectivity index (χ0) is 20.7. The van der Waals surface area contributed by atoms with E-state index in [1.165, 1.54) is 6.07 Å². The van der Waals surface area contributed by atoms with Crippen molar-refractivity contribution in [1.29, 1.82) is 0 Å². The summed E-state index contributed by atoms with van der Waals surface area (Å²) in [7, 11) is -2.57. The zero-order valence-electron chi connectivity index (χ0n) is 14.4. The van der Waals surface area contributed by atoms with Crippen LogP contribution in [0, 0.1) is 34.9 Å². The fourth-order valence-corrected chi connectivity index (χ4v) is 5.24. The predicted molar refractivity (Wildman–Crippen MR) is 100 cm³/mol. The Balaban J connectivity index is 2.05. The van der Waals surface area contributed by atoms with E-state index >= 15 is 0 Å². The third-order valence-electron chi connectivity index (χ3n) is 4.22. The largest absolute Gasteiger partial charge is 0.247 e. The van der Waals surface area contributed by atoms with Crippen LogP contribution < -0.4 is 16.0 Å². The van der Waals surface area contributed by atoms with Gasteiger partial charge in [0.15, 0.2) is 0 Å². The Hall–Kier alpha value is -2.92. The molecule has 0 fully saturated rings. The highest BCUT2D eigenvalue weighted by Gasteiger charge is 2.31.